The Morgan fingerprint density at radius 2 is 2.22 bits per heavy atom. The first-order chi connectivity index (χ1) is 8.72. The number of nitrogen functional groups attached to an aromatic ring is 1. The number of pyridine rings is 1. The summed E-state index contributed by atoms with van der Waals surface area (Å²) in [4.78, 5) is 8.36. The van der Waals surface area contributed by atoms with E-state index in [4.69, 9.17) is 5.73 Å². The molecule has 18 heavy (non-hydrogen) atoms. The minimum atomic E-state index is 0.603. The van der Waals surface area contributed by atoms with Gasteiger partial charge in [-0.05, 0) is 24.0 Å². The van der Waals surface area contributed by atoms with Crippen molar-refractivity contribution in [1.82, 2.24) is 14.5 Å². The van der Waals surface area contributed by atoms with Crippen LogP contribution in [0.2, 0.25) is 0 Å². The Hall–Kier alpha value is -1.49. The smallest absolute Gasteiger partial charge is 0.0951 e. The lowest BCUT2D eigenvalue weighted by atomic mass is 10.1. The van der Waals surface area contributed by atoms with E-state index < -0.39 is 0 Å². The fourth-order valence-corrected chi connectivity index (χ4v) is 2.66. The topological polar surface area (TPSA) is 56.7 Å². The Kier molecular flexibility index (Phi) is 4.25. The zero-order valence-electron chi connectivity index (χ0n) is 10.7. The van der Waals surface area contributed by atoms with Crippen molar-refractivity contribution in [2.75, 3.05) is 17.7 Å². The standard InChI is InChI=1S/C13H18N4S/c1-10(8-18-2)7-17-9-16-6-13(17)11-5-15-4-3-12(11)14/h3-6,9-10H,7-8H2,1-2H3,(H2,14,15). The molecule has 2 heterocycles. The van der Waals surface area contributed by atoms with Crippen molar-refractivity contribution in [3.8, 4) is 11.3 Å². The molecule has 0 radical (unpaired) electrons. The van der Waals surface area contributed by atoms with Gasteiger partial charge in [-0.3, -0.25) is 4.98 Å². The molecule has 0 bridgehead atoms. The Bertz CT molecular complexity index is 509. The zero-order chi connectivity index (χ0) is 13.0. The van der Waals surface area contributed by atoms with Gasteiger partial charge in [-0.15, -0.1) is 0 Å². The highest BCUT2D eigenvalue weighted by Crippen LogP contribution is 2.25. The Labute approximate surface area is 112 Å². The molecule has 2 aromatic heterocycles. The van der Waals surface area contributed by atoms with E-state index in [-0.39, 0.29) is 0 Å². The van der Waals surface area contributed by atoms with Crippen LogP contribution in [0.15, 0.2) is 31.0 Å². The first-order valence-corrected chi connectivity index (χ1v) is 7.30. The van der Waals surface area contributed by atoms with Crippen LogP contribution in [-0.4, -0.2) is 26.5 Å². The van der Waals surface area contributed by atoms with E-state index in [1.165, 1.54) is 0 Å². The fourth-order valence-electron chi connectivity index (χ4n) is 1.98. The molecular weight excluding hydrogens is 244 g/mol. The monoisotopic (exact) mass is 262 g/mol. The lowest BCUT2D eigenvalue weighted by Gasteiger charge is -2.14. The summed E-state index contributed by atoms with van der Waals surface area (Å²) in [6.45, 7) is 3.19. The zero-order valence-corrected chi connectivity index (χ0v) is 11.5. The van der Waals surface area contributed by atoms with Crippen LogP contribution in [0, 0.1) is 5.92 Å². The number of anilines is 1. The number of imidazole rings is 1. The van der Waals surface area contributed by atoms with Crippen molar-refractivity contribution in [3.05, 3.63) is 31.0 Å². The fraction of sp³-hybridized carbons (Fsp3) is 0.385. The molecule has 1 atom stereocenters. The van der Waals surface area contributed by atoms with Crippen molar-refractivity contribution >= 4 is 17.4 Å². The minimum absolute atomic E-state index is 0.603. The molecule has 0 aliphatic rings. The minimum Gasteiger partial charge on any atom is -0.398 e. The van der Waals surface area contributed by atoms with Crippen molar-refractivity contribution in [1.29, 1.82) is 0 Å². The number of aromatic nitrogens is 3. The molecule has 2 rings (SSSR count). The van der Waals surface area contributed by atoms with E-state index in [0.29, 0.717) is 5.92 Å². The largest absolute Gasteiger partial charge is 0.398 e. The average Bonchev–Trinajstić information content (AvgIpc) is 2.78. The third-order valence-electron chi connectivity index (χ3n) is 2.80. The van der Waals surface area contributed by atoms with Gasteiger partial charge >= 0.3 is 0 Å². The molecule has 2 aromatic rings. The van der Waals surface area contributed by atoms with E-state index in [9.17, 15) is 0 Å². The summed E-state index contributed by atoms with van der Waals surface area (Å²) < 4.78 is 2.15. The summed E-state index contributed by atoms with van der Waals surface area (Å²) in [5, 5.41) is 0. The van der Waals surface area contributed by atoms with Crippen LogP contribution in [0.1, 0.15) is 6.92 Å². The number of hydrogen-bond donors (Lipinski definition) is 1. The maximum Gasteiger partial charge on any atom is 0.0951 e. The summed E-state index contributed by atoms with van der Waals surface area (Å²) >= 11 is 1.87. The molecule has 4 nitrogen and oxygen atoms in total. The van der Waals surface area contributed by atoms with Gasteiger partial charge in [0.25, 0.3) is 0 Å². The number of thioether (sulfide) groups is 1. The molecule has 5 heteroatoms. The van der Waals surface area contributed by atoms with Crippen LogP contribution >= 0.6 is 11.8 Å². The van der Waals surface area contributed by atoms with Crippen molar-refractivity contribution < 1.29 is 0 Å². The summed E-state index contributed by atoms with van der Waals surface area (Å²) in [6.07, 6.45) is 9.33. The maximum atomic E-state index is 5.98. The van der Waals surface area contributed by atoms with Crippen LogP contribution in [0.4, 0.5) is 5.69 Å². The number of rotatable bonds is 5. The number of nitrogens with two attached hydrogens (primary N) is 1. The van der Waals surface area contributed by atoms with Gasteiger partial charge in [0.1, 0.15) is 0 Å². The van der Waals surface area contributed by atoms with Crippen LogP contribution in [0.25, 0.3) is 11.3 Å². The molecule has 0 aromatic carbocycles. The van der Waals surface area contributed by atoms with Gasteiger partial charge in [-0.2, -0.15) is 11.8 Å². The summed E-state index contributed by atoms with van der Waals surface area (Å²) in [5.74, 6) is 1.74. The molecule has 0 aliphatic carbocycles. The van der Waals surface area contributed by atoms with Crippen LogP contribution in [-0.2, 0) is 6.54 Å². The number of hydrogen-bond acceptors (Lipinski definition) is 4. The Balaban J connectivity index is 2.25. The second-order valence-electron chi connectivity index (χ2n) is 4.45. The third kappa shape index (κ3) is 2.85. The summed E-state index contributed by atoms with van der Waals surface area (Å²) in [5.41, 5.74) is 8.71. The average molecular weight is 262 g/mol. The highest BCUT2D eigenvalue weighted by atomic mass is 32.2. The molecule has 0 spiro atoms. The molecule has 0 fully saturated rings. The van der Waals surface area contributed by atoms with Crippen LogP contribution < -0.4 is 5.73 Å². The second kappa shape index (κ2) is 5.91. The molecule has 96 valence electrons. The van der Waals surface area contributed by atoms with Gasteiger partial charge in [0.05, 0.1) is 18.2 Å². The van der Waals surface area contributed by atoms with Crippen LogP contribution in [0.5, 0.6) is 0 Å². The predicted octanol–water partition coefficient (Wildman–Crippen LogP) is 2.53. The van der Waals surface area contributed by atoms with E-state index >= 15 is 0 Å². The molecule has 0 saturated heterocycles. The summed E-state index contributed by atoms with van der Waals surface area (Å²) in [7, 11) is 0. The molecular formula is C13H18N4S. The Morgan fingerprint density at radius 3 is 2.94 bits per heavy atom. The van der Waals surface area contributed by atoms with Gasteiger partial charge in [0.15, 0.2) is 0 Å². The first-order valence-electron chi connectivity index (χ1n) is 5.91. The van der Waals surface area contributed by atoms with E-state index in [1.807, 2.05) is 30.4 Å². The second-order valence-corrected chi connectivity index (χ2v) is 5.37. The van der Waals surface area contributed by atoms with Gasteiger partial charge in [-0.25, -0.2) is 4.98 Å². The first kappa shape index (κ1) is 13.0. The van der Waals surface area contributed by atoms with Crippen LogP contribution in [0.3, 0.4) is 0 Å². The Morgan fingerprint density at radius 1 is 1.39 bits per heavy atom. The molecule has 0 amide bonds. The van der Waals surface area contributed by atoms with Crippen molar-refractivity contribution in [3.63, 3.8) is 0 Å². The van der Waals surface area contributed by atoms with E-state index in [2.05, 4.69) is 27.7 Å². The molecule has 2 N–H and O–H groups in total. The molecule has 0 aliphatic heterocycles. The van der Waals surface area contributed by atoms with Gasteiger partial charge in [0.2, 0.25) is 0 Å². The quantitative estimate of drug-likeness (QED) is 0.899. The van der Waals surface area contributed by atoms with E-state index in [0.717, 1.165) is 29.2 Å². The molecule has 0 saturated carbocycles. The predicted molar refractivity (Wildman–Crippen MR) is 77.4 cm³/mol. The van der Waals surface area contributed by atoms with Gasteiger partial charge in [0, 0.05) is 30.2 Å². The van der Waals surface area contributed by atoms with Crippen molar-refractivity contribution in [2.24, 2.45) is 5.92 Å². The lowest BCUT2D eigenvalue weighted by Crippen LogP contribution is -2.10. The highest BCUT2D eigenvalue weighted by molar-refractivity contribution is 7.98. The molecule has 1 unspecified atom stereocenters. The normalized spacial score (nSPS) is 12.6. The van der Waals surface area contributed by atoms with Crippen molar-refractivity contribution in [2.45, 2.75) is 13.5 Å². The van der Waals surface area contributed by atoms with Gasteiger partial charge in [-0.1, -0.05) is 6.92 Å². The SMILES string of the molecule is CSCC(C)Cn1cncc1-c1cnccc1N. The highest BCUT2D eigenvalue weighted by Gasteiger charge is 2.10. The third-order valence-corrected chi connectivity index (χ3v) is 3.70. The lowest BCUT2D eigenvalue weighted by molar-refractivity contribution is 0.534. The maximum absolute atomic E-state index is 5.98. The summed E-state index contributed by atoms with van der Waals surface area (Å²) in [6, 6.07) is 1.82. The van der Waals surface area contributed by atoms with Gasteiger partial charge < -0.3 is 10.3 Å². The number of nitrogens with zero attached hydrogens (tertiary/aromatic N) is 3. The van der Waals surface area contributed by atoms with E-state index in [1.54, 1.807) is 12.4 Å².